The zero-order valence-corrected chi connectivity index (χ0v) is 10.5. The monoisotopic (exact) mass is 249 g/mol. The molecule has 0 radical (unpaired) electrons. The van der Waals surface area contributed by atoms with Crippen molar-refractivity contribution in [1.29, 1.82) is 0 Å². The Labute approximate surface area is 105 Å². The number of esters is 1. The fourth-order valence-electron chi connectivity index (χ4n) is 1.80. The van der Waals surface area contributed by atoms with Crippen molar-refractivity contribution in [2.24, 2.45) is 5.92 Å². The molecule has 1 atom stereocenters. The lowest BCUT2D eigenvalue weighted by molar-refractivity contribution is -0.125. The first-order valence-corrected chi connectivity index (χ1v) is 5.73. The normalized spacial score (nSPS) is 17.8. The van der Waals surface area contributed by atoms with Crippen molar-refractivity contribution in [2.45, 2.75) is 20.0 Å². The number of rotatable bonds is 2. The molecule has 18 heavy (non-hydrogen) atoms. The Hall–Kier alpha value is -2.04. The van der Waals surface area contributed by atoms with Crippen LogP contribution in [-0.2, 0) is 9.53 Å². The molecule has 1 heterocycles. The van der Waals surface area contributed by atoms with Gasteiger partial charge < -0.3 is 14.8 Å². The first-order valence-electron chi connectivity index (χ1n) is 5.73. The van der Waals surface area contributed by atoms with Gasteiger partial charge in [-0.25, -0.2) is 4.79 Å². The van der Waals surface area contributed by atoms with E-state index in [0.29, 0.717) is 17.0 Å². The van der Waals surface area contributed by atoms with E-state index in [2.05, 4.69) is 10.1 Å². The molecule has 1 unspecified atom stereocenters. The molecule has 1 aromatic carbocycles. The first-order chi connectivity index (χ1) is 8.52. The zero-order valence-electron chi connectivity index (χ0n) is 10.5. The minimum Gasteiger partial charge on any atom is -0.478 e. The largest absolute Gasteiger partial charge is 0.478 e. The third-order valence-corrected chi connectivity index (χ3v) is 2.78. The Morgan fingerprint density at radius 2 is 2.17 bits per heavy atom. The summed E-state index contributed by atoms with van der Waals surface area (Å²) < 4.78 is 10.3. The van der Waals surface area contributed by atoms with E-state index in [1.165, 1.54) is 7.11 Å². The maximum Gasteiger partial charge on any atom is 0.337 e. The van der Waals surface area contributed by atoms with Gasteiger partial charge in [-0.15, -0.1) is 0 Å². The Bertz CT molecular complexity index is 496. The Balaban J connectivity index is 2.33. The number of methoxy groups -OCH3 is 1. The van der Waals surface area contributed by atoms with Crippen LogP contribution in [0.25, 0.3) is 0 Å². The summed E-state index contributed by atoms with van der Waals surface area (Å²) in [6, 6.07) is 4.80. The van der Waals surface area contributed by atoms with Gasteiger partial charge in [0.15, 0.2) is 6.10 Å². The molecule has 0 aliphatic carbocycles. The standard InChI is InChI=1S/C13H15NO4/c1-7(2)11-12(15)14-9-5-4-8(13(16)17-3)6-10(9)18-11/h4-7,11H,1-3H3,(H,14,15). The topological polar surface area (TPSA) is 64.6 Å². The molecule has 5 nitrogen and oxygen atoms in total. The van der Waals surface area contributed by atoms with Crippen LogP contribution in [0.5, 0.6) is 5.75 Å². The molecule has 0 saturated carbocycles. The van der Waals surface area contributed by atoms with Gasteiger partial charge in [0.1, 0.15) is 5.75 Å². The van der Waals surface area contributed by atoms with Crippen molar-refractivity contribution in [1.82, 2.24) is 0 Å². The van der Waals surface area contributed by atoms with Crippen molar-refractivity contribution < 1.29 is 19.1 Å². The minimum absolute atomic E-state index is 0.0555. The molecular formula is C13H15NO4. The number of anilines is 1. The molecule has 96 valence electrons. The summed E-state index contributed by atoms with van der Waals surface area (Å²) in [4.78, 5) is 23.2. The van der Waals surface area contributed by atoms with E-state index in [1.807, 2.05) is 13.8 Å². The SMILES string of the molecule is COC(=O)c1ccc2c(c1)OC(C(C)C)C(=O)N2. The summed E-state index contributed by atoms with van der Waals surface area (Å²) >= 11 is 0. The fraction of sp³-hybridized carbons (Fsp3) is 0.385. The predicted octanol–water partition coefficient (Wildman–Crippen LogP) is 1.83. The van der Waals surface area contributed by atoms with E-state index in [0.717, 1.165) is 0 Å². The summed E-state index contributed by atoms with van der Waals surface area (Å²) in [7, 11) is 1.32. The Kier molecular flexibility index (Phi) is 3.23. The third-order valence-electron chi connectivity index (χ3n) is 2.78. The summed E-state index contributed by atoms with van der Waals surface area (Å²) in [5.74, 6) is -0.0427. The van der Waals surface area contributed by atoms with Gasteiger partial charge in [0.25, 0.3) is 5.91 Å². The predicted molar refractivity (Wildman–Crippen MR) is 65.7 cm³/mol. The summed E-state index contributed by atoms with van der Waals surface area (Å²) in [6.07, 6.45) is -0.537. The van der Waals surface area contributed by atoms with Crippen molar-refractivity contribution in [3.63, 3.8) is 0 Å². The van der Waals surface area contributed by atoms with Crippen molar-refractivity contribution in [2.75, 3.05) is 12.4 Å². The maximum absolute atomic E-state index is 11.7. The molecule has 1 aromatic rings. The molecular weight excluding hydrogens is 234 g/mol. The average Bonchev–Trinajstić information content (AvgIpc) is 2.36. The number of benzene rings is 1. The minimum atomic E-state index is -0.537. The second kappa shape index (κ2) is 4.68. The molecule has 0 bridgehead atoms. The van der Waals surface area contributed by atoms with Crippen LogP contribution in [0, 0.1) is 5.92 Å². The smallest absolute Gasteiger partial charge is 0.337 e. The van der Waals surface area contributed by atoms with Crippen molar-refractivity contribution in [3.05, 3.63) is 23.8 Å². The molecule has 5 heteroatoms. The lowest BCUT2D eigenvalue weighted by atomic mass is 10.0. The number of carbonyl (C=O) groups excluding carboxylic acids is 2. The van der Waals surface area contributed by atoms with E-state index in [4.69, 9.17) is 4.74 Å². The van der Waals surface area contributed by atoms with Crippen LogP contribution in [-0.4, -0.2) is 25.1 Å². The van der Waals surface area contributed by atoms with E-state index >= 15 is 0 Å². The van der Waals surface area contributed by atoms with Crippen molar-refractivity contribution >= 4 is 17.6 Å². The highest BCUT2D eigenvalue weighted by Crippen LogP contribution is 2.32. The van der Waals surface area contributed by atoms with Gasteiger partial charge in [0.05, 0.1) is 18.4 Å². The first kappa shape index (κ1) is 12.4. The van der Waals surface area contributed by atoms with Crippen LogP contribution >= 0.6 is 0 Å². The molecule has 2 rings (SSSR count). The lowest BCUT2D eigenvalue weighted by Gasteiger charge is -2.28. The molecule has 0 saturated heterocycles. The molecule has 1 amide bonds. The number of hydrogen-bond donors (Lipinski definition) is 1. The summed E-state index contributed by atoms with van der Waals surface area (Å²) in [5.41, 5.74) is 0.972. The van der Waals surface area contributed by atoms with E-state index in [9.17, 15) is 9.59 Å². The van der Waals surface area contributed by atoms with Gasteiger partial charge in [-0.3, -0.25) is 4.79 Å². The van der Waals surface area contributed by atoms with Crippen molar-refractivity contribution in [3.8, 4) is 5.75 Å². The van der Waals surface area contributed by atoms with Crippen LogP contribution in [0.3, 0.4) is 0 Å². The van der Waals surface area contributed by atoms with E-state index < -0.39 is 12.1 Å². The number of carbonyl (C=O) groups is 2. The van der Waals surface area contributed by atoms with Gasteiger partial charge in [-0.05, 0) is 24.1 Å². The van der Waals surface area contributed by atoms with Crippen LogP contribution in [0.4, 0.5) is 5.69 Å². The summed E-state index contributed by atoms with van der Waals surface area (Å²) in [6.45, 7) is 3.80. The molecule has 1 aliphatic heterocycles. The Morgan fingerprint density at radius 3 is 2.78 bits per heavy atom. The van der Waals surface area contributed by atoms with Crippen LogP contribution in [0.2, 0.25) is 0 Å². The molecule has 1 N–H and O–H groups in total. The number of amides is 1. The highest BCUT2D eigenvalue weighted by molar-refractivity contribution is 5.99. The summed E-state index contributed by atoms with van der Waals surface area (Å²) in [5, 5.41) is 2.76. The van der Waals surface area contributed by atoms with Gasteiger partial charge in [-0.2, -0.15) is 0 Å². The number of hydrogen-bond acceptors (Lipinski definition) is 4. The van der Waals surface area contributed by atoms with E-state index in [1.54, 1.807) is 18.2 Å². The number of ether oxygens (including phenoxy) is 2. The average molecular weight is 249 g/mol. The van der Waals surface area contributed by atoms with Gasteiger partial charge in [-0.1, -0.05) is 13.8 Å². The second-order valence-corrected chi connectivity index (χ2v) is 4.47. The maximum atomic E-state index is 11.7. The fourth-order valence-corrected chi connectivity index (χ4v) is 1.80. The van der Waals surface area contributed by atoms with Gasteiger partial charge >= 0.3 is 5.97 Å². The number of nitrogens with one attached hydrogen (secondary N) is 1. The van der Waals surface area contributed by atoms with Crippen LogP contribution in [0.1, 0.15) is 24.2 Å². The number of fused-ring (bicyclic) bond motifs is 1. The second-order valence-electron chi connectivity index (χ2n) is 4.47. The van der Waals surface area contributed by atoms with Crippen LogP contribution < -0.4 is 10.1 Å². The lowest BCUT2D eigenvalue weighted by Crippen LogP contribution is -2.40. The Morgan fingerprint density at radius 1 is 1.44 bits per heavy atom. The third kappa shape index (κ3) is 2.16. The molecule has 1 aliphatic rings. The highest BCUT2D eigenvalue weighted by atomic mass is 16.5. The van der Waals surface area contributed by atoms with E-state index in [-0.39, 0.29) is 11.8 Å². The molecule has 0 aromatic heterocycles. The molecule has 0 fully saturated rings. The highest BCUT2D eigenvalue weighted by Gasteiger charge is 2.30. The molecule has 0 spiro atoms. The van der Waals surface area contributed by atoms with Crippen LogP contribution in [0.15, 0.2) is 18.2 Å². The zero-order chi connectivity index (χ0) is 13.3. The van der Waals surface area contributed by atoms with Gasteiger partial charge in [0.2, 0.25) is 0 Å². The van der Waals surface area contributed by atoms with Gasteiger partial charge in [0, 0.05) is 0 Å². The quantitative estimate of drug-likeness (QED) is 0.812.